The van der Waals surface area contributed by atoms with Crippen LogP contribution in [0.25, 0.3) is 0 Å². The molecule has 0 fully saturated rings. The number of halogens is 1. The number of rotatable bonds is 2. The van der Waals surface area contributed by atoms with Crippen molar-refractivity contribution in [2.24, 2.45) is 0 Å². The molecule has 1 aliphatic rings. The van der Waals surface area contributed by atoms with E-state index >= 15 is 0 Å². The lowest BCUT2D eigenvalue weighted by Crippen LogP contribution is -2.13. The molecule has 1 heterocycles. The van der Waals surface area contributed by atoms with E-state index in [4.69, 9.17) is 9.47 Å². The molecule has 2 rings (SSSR count). The molecule has 4 heteroatoms. The average Bonchev–Trinajstić information content (AvgIpc) is 2.18. The minimum absolute atomic E-state index is 0.0803. The zero-order chi connectivity index (χ0) is 9.97. The fraction of sp³-hybridized carbons (Fsp3) is 0.300. The van der Waals surface area contributed by atoms with Gasteiger partial charge in [0.05, 0.1) is 6.61 Å². The van der Waals surface area contributed by atoms with E-state index in [1.807, 2.05) is 0 Å². The van der Waals surface area contributed by atoms with Gasteiger partial charge in [0, 0.05) is 12.0 Å². The molecule has 0 amide bonds. The van der Waals surface area contributed by atoms with E-state index < -0.39 is 5.82 Å². The Morgan fingerprint density at radius 2 is 2.36 bits per heavy atom. The molecule has 0 atom stereocenters. The van der Waals surface area contributed by atoms with Crippen molar-refractivity contribution in [1.82, 2.24) is 0 Å². The standard InChI is InChI=1S/C10H9FO3/c11-9-4-7(1-2-12)3-8-5-13-6-14-10(8)9/h2-4H,1,5-6H2. The maximum absolute atomic E-state index is 13.4. The van der Waals surface area contributed by atoms with E-state index in [-0.39, 0.29) is 19.0 Å². The van der Waals surface area contributed by atoms with Gasteiger partial charge in [-0.3, -0.25) is 0 Å². The Hall–Kier alpha value is -1.42. The molecule has 1 aromatic carbocycles. The van der Waals surface area contributed by atoms with Crippen molar-refractivity contribution in [2.75, 3.05) is 6.79 Å². The highest BCUT2D eigenvalue weighted by Crippen LogP contribution is 2.28. The second-order valence-corrected chi connectivity index (χ2v) is 3.05. The molecule has 0 saturated heterocycles. The van der Waals surface area contributed by atoms with Gasteiger partial charge in [-0.15, -0.1) is 0 Å². The van der Waals surface area contributed by atoms with Gasteiger partial charge in [0.25, 0.3) is 0 Å². The molecule has 0 unspecified atom stereocenters. The van der Waals surface area contributed by atoms with E-state index in [9.17, 15) is 9.18 Å². The molecule has 3 nitrogen and oxygen atoms in total. The Morgan fingerprint density at radius 3 is 3.14 bits per heavy atom. The Labute approximate surface area is 80.4 Å². The normalized spacial score (nSPS) is 14.4. The van der Waals surface area contributed by atoms with E-state index in [0.717, 1.165) is 6.29 Å². The number of hydrogen-bond donors (Lipinski definition) is 0. The molecule has 0 radical (unpaired) electrons. The first-order chi connectivity index (χ1) is 6.81. The summed E-state index contributed by atoms with van der Waals surface area (Å²) >= 11 is 0. The Kier molecular flexibility index (Phi) is 2.45. The number of carbonyl (C=O) groups excluding carboxylic acids is 1. The van der Waals surface area contributed by atoms with Crippen molar-refractivity contribution in [3.8, 4) is 5.75 Å². The summed E-state index contributed by atoms with van der Waals surface area (Å²) in [5.41, 5.74) is 1.30. The van der Waals surface area contributed by atoms with Gasteiger partial charge in [-0.25, -0.2) is 4.39 Å². The van der Waals surface area contributed by atoms with Crippen LogP contribution in [0.2, 0.25) is 0 Å². The Morgan fingerprint density at radius 1 is 1.50 bits per heavy atom. The van der Waals surface area contributed by atoms with Crippen molar-refractivity contribution < 1.29 is 18.7 Å². The monoisotopic (exact) mass is 196 g/mol. The van der Waals surface area contributed by atoms with Crippen molar-refractivity contribution in [1.29, 1.82) is 0 Å². The van der Waals surface area contributed by atoms with Gasteiger partial charge in [0.15, 0.2) is 18.4 Å². The van der Waals surface area contributed by atoms with Crippen LogP contribution in [-0.2, 0) is 22.6 Å². The predicted octanol–water partition coefficient (Wildman–Crippen LogP) is 1.43. The van der Waals surface area contributed by atoms with E-state index in [2.05, 4.69) is 0 Å². The summed E-state index contributed by atoms with van der Waals surface area (Å²) in [6.45, 7) is 0.413. The number of ether oxygens (including phenoxy) is 2. The van der Waals surface area contributed by atoms with Crippen molar-refractivity contribution in [3.05, 3.63) is 29.1 Å². The molecule has 0 spiro atoms. The third kappa shape index (κ3) is 1.61. The highest BCUT2D eigenvalue weighted by atomic mass is 19.1. The number of fused-ring (bicyclic) bond motifs is 1. The molecule has 0 bridgehead atoms. The lowest BCUT2D eigenvalue weighted by molar-refractivity contribution is -0.107. The summed E-state index contributed by atoms with van der Waals surface area (Å²) in [4.78, 5) is 10.3. The second-order valence-electron chi connectivity index (χ2n) is 3.05. The molecule has 1 aromatic rings. The number of hydrogen-bond acceptors (Lipinski definition) is 3. The third-order valence-electron chi connectivity index (χ3n) is 2.04. The number of benzene rings is 1. The zero-order valence-electron chi connectivity index (χ0n) is 7.46. The van der Waals surface area contributed by atoms with Gasteiger partial charge >= 0.3 is 0 Å². The maximum Gasteiger partial charge on any atom is 0.189 e. The van der Waals surface area contributed by atoms with Gasteiger partial charge in [-0.05, 0) is 17.7 Å². The lowest BCUT2D eigenvalue weighted by atomic mass is 10.1. The largest absolute Gasteiger partial charge is 0.464 e. The smallest absolute Gasteiger partial charge is 0.189 e. The van der Waals surface area contributed by atoms with E-state index in [1.165, 1.54) is 6.07 Å². The number of aldehydes is 1. The highest BCUT2D eigenvalue weighted by molar-refractivity contribution is 5.56. The van der Waals surface area contributed by atoms with Crippen LogP contribution in [0.3, 0.4) is 0 Å². The summed E-state index contributed by atoms with van der Waals surface area (Å²) in [7, 11) is 0. The SMILES string of the molecule is O=CCc1cc(F)c2c(c1)COCO2. The summed E-state index contributed by atoms with van der Waals surface area (Å²) in [5, 5.41) is 0. The minimum Gasteiger partial charge on any atom is -0.464 e. The molecule has 0 aliphatic carbocycles. The fourth-order valence-electron chi connectivity index (χ4n) is 1.45. The highest BCUT2D eigenvalue weighted by Gasteiger charge is 2.16. The van der Waals surface area contributed by atoms with Gasteiger partial charge in [0.2, 0.25) is 0 Å². The predicted molar refractivity (Wildman–Crippen MR) is 46.5 cm³/mol. The second kappa shape index (κ2) is 3.75. The minimum atomic E-state index is -0.428. The van der Waals surface area contributed by atoms with Gasteiger partial charge in [-0.1, -0.05) is 0 Å². The van der Waals surface area contributed by atoms with Crippen LogP contribution in [0.15, 0.2) is 12.1 Å². The molecule has 1 aliphatic heterocycles. The van der Waals surface area contributed by atoms with Crippen LogP contribution in [0.5, 0.6) is 5.75 Å². The number of carbonyl (C=O) groups is 1. The first-order valence-corrected chi connectivity index (χ1v) is 4.26. The maximum atomic E-state index is 13.4. The van der Waals surface area contributed by atoms with Gasteiger partial charge in [0.1, 0.15) is 6.29 Å². The third-order valence-corrected chi connectivity index (χ3v) is 2.04. The molecule has 14 heavy (non-hydrogen) atoms. The van der Waals surface area contributed by atoms with Crippen LogP contribution in [0.1, 0.15) is 11.1 Å². The van der Waals surface area contributed by atoms with Crippen LogP contribution in [0.4, 0.5) is 4.39 Å². The van der Waals surface area contributed by atoms with Crippen LogP contribution < -0.4 is 4.74 Å². The van der Waals surface area contributed by atoms with E-state index in [0.29, 0.717) is 17.7 Å². The van der Waals surface area contributed by atoms with Gasteiger partial charge in [-0.2, -0.15) is 0 Å². The fourth-order valence-corrected chi connectivity index (χ4v) is 1.45. The summed E-state index contributed by atoms with van der Waals surface area (Å²) < 4.78 is 23.4. The first-order valence-electron chi connectivity index (χ1n) is 4.26. The topological polar surface area (TPSA) is 35.5 Å². The molecule has 0 aromatic heterocycles. The Bertz CT molecular complexity index is 363. The van der Waals surface area contributed by atoms with Gasteiger partial charge < -0.3 is 14.3 Å². The Balaban J connectivity index is 2.40. The van der Waals surface area contributed by atoms with Crippen molar-refractivity contribution in [2.45, 2.75) is 13.0 Å². The van der Waals surface area contributed by atoms with Crippen LogP contribution in [0, 0.1) is 5.82 Å². The molecule has 74 valence electrons. The van der Waals surface area contributed by atoms with Crippen LogP contribution >= 0.6 is 0 Å². The first kappa shape index (κ1) is 9.15. The zero-order valence-corrected chi connectivity index (χ0v) is 7.46. The summed E-state index contributed by atoms with van der Waals surface area (Å²) in [6, 6.07) is 3.05. The summed E-state index contributed by atoms with van der Waals surface area (Å²) in [6.07, 6.45) is 0.954. The quantitative estimate of drug-likeness (QED) is 0.671. The summed E-state index contributed by atoms with van der Waals surface area (Å²) in [5.74, 6) is -0.187. The van der Waals surface area contributed by atoms with Crippen LogP contribution in [-0.4, -0.2) is 13.1 Å². The average molecular weight is 196 g/mol. The van der Waals surface area contributed by atoms with Crippen molar-refractivity contribution >= 4 is 6.29 Å². The molecule has 0 saturated carbocycles. The van der Waals surface area contributed by atoms with Crippen molar-refractivity contribution in [3.63, 3.8) is 0 Å². The lowest BCUT2D eigenvalue weighted by Gasteiger charge is -2.18. The molecule has 0 N–H and O–H groups in total. The molecular weight excluding hydrogens is 187 g/mol. The molecular formula is C10H9FO3. The van der Waals surface area contributed by atoms with E-state index in [1.54, 1.807) is 6.07 Å².